The minimum atomic E-state index is 0.222. The lowest BCUT2D eigenvalue weighted by molar-refractivity contribution is 0.172. The van der Waals surface area contributed by atoms with Crippen LogP contribution in [0.4, 0.5) is 0 Å². The van der Waals surface area contributed by atoms with Crippen LogP contribution in [-0.2, 0) is 0 Å². The summed E-state index contributed by atoms with van der Waals surface area (Å²) in [5.41, 5.74) is 0. The standard InChI is InChI=1S/C11H14O3S/c1-8(5-12)6-15-10-4-2-3-9-11(10)14-7-13-9/h2-4,8,12H,5-7H2,1H3/t8-/m0/s1. The number of rotatable bonds is 4. The molecule has 0 radical (unpaired) electrons. The quantitative estimate of drug-likeness (QED) is 0.798. The predicted octanol–water partition coefficient (Wildman–Crippen LogP) is 2.14. The van der Waals surface area contributed by atoms with Gasteiger partial charge in [-0.3, -0.25) is 0 Å². The first kappa shape index (κ1) is 10.6. The van der Waals surface area contributed by atoms with Gasteiger partial charge in [-0.1, -0.05) is 13.0 Å². The fourth-order valence-corrected chi connectivity index (χ4v) is 2.34. The Morgan fingerprint density at radius 1 is 1.47 bits per heavy atom. The molecule has 0 unspecified atom stereocenters. The van der Waals surface area contributed by atoms with E-state index in [0.717, 1.165) is 22.1 Å². The number of aliphatic hydroxyl groups is 1. The molecule has 82 valence electrons. The highest BCUT2D eigenvalue weighted by Gasteiger charge is 2.17. The molecule has 0 fully saturated rings. The van der Waals surface area contributed by atoms with Gasteiger partial charge < -0.3 is 14.6 Å². The number of hydrogen-bond acceptors (Lipinski definition) is 4. The van der Waals surface area contributed by atoms with E-state index >= 15 is 0 Å². The van der Waals surface area contributed by atoms with Crippen LogP contribution in [0.3, 0.4) is 0 Å². The van der Waals surface area contributed by atoms with Gasteiger partial charge in [-0.2, -0.15) is 0 Å². The fraction of sp³-hybridized carbons (Fsp3) is 0.455. The summed E-state index contributed by atoms with van der Waals surface area (Å²) in [6, 6.07) is 5.88. The van der Waals surface area contributed by atoms with Gasteiger partial charge in [0.15, 0.2) is 11.5 Å². The number of benzene rings is 1. The van der Waals surface area contributed by atoms with Crippen molar-refractivity contribution in [2.45, 2.75) is 11.8 Å². The molecule has 0 amide bonds. The summed E-state index contributed by atoms with van der Waals surface area (Å²) < 4.78 is 10.7. The van der Waals surface area contributed by atoms with Crippen molar-refractivity contribution in [3.63, 3.8) is 0 Å². The van der Waals surface area contributed by atoms with E-state index in [9.17, 15) is 0 Å². The summed E-state index contributed by atoms with van der Waals surface area (Å²) in [7, 11) is 0. The second kappa shape index (κ2) is 4.77. The van der Waals surface area contributed by atoms with Crippen molar-refractivity contribution < 1.29 is 14.6 Å². The molecule has 0 aliphatic carbocycles. The monoisotopic (exact) mass is 226 g/mol. The Bertz CT molecular complexity index is 341. The van der Waals surface area contributed by atoms with Gasteiger partial charge in [0.1, 0.15) is 0 Å². The maximum absolute atomic E-state index is 8.94. The molecule has 0 saturated carbocycles. The number of para-hydroxylation sites is 1. The lowest BCUT2D eigenvalue weighted by Gasteiger charge is -2.08. The van der Waals surface area contributed by atoms with Crippen LogP contribution in [0.2, 0.25) is 0 Å². The summed E-state index contributed by atoms with van der Waals surface area (Å²) in [6.07, 6.45) is 0. The zero-order chi connectivity index (χ0) is 10.7. The smallest absolute Gasteiger partial charge is 0.231 e. The maximum Gasteiger partial charge on any atom is 0.231 e. The fourth-order valence-electron chi connectivity index (χ4n) is 1.30. The largest absolute Gasteiger partial charge is 0.454 e. The van der Waals surface area contributed by atoms with Gasteiger partial charge in [-0.15, -0.1) is 11.8 Å². The Kier molecular flexibility index (Phi) is 3.38. The van der Waals surface area contributed by atoms with Crippen molar-refractivity contribution >= 4 is 11.8 Å². The van der Waals surface area contributed by atoms with E-state index in [0.29, 0.717) is 12.7 Å². The number of fused-ring (bicyclic) bond motifs is 1. The molecule has 4 heteroatoms. The third kappa shape index (κ3) is 2.38. The van der Waals surface area contributed by atoms with Crippen LogP contribution in [0.5, 0.6) is 11.5 Å². The first-order chi connectivity index (χ1) is 7.31. The van der Waals surface area contributed by atoms with E-state index in [-0.39, 0.29) is 6.61 Å². The molecular weight excluding hydrogens is 212 g/mol. The van der Waals surface area contributed by atoms with Gasteiger partial charge in [0.2, 0.25) is 6.79 Å². The highest BCUT2D eigenvalue weighted by atomic mass is 32.2. The van der Waals surface area contributed by atoms with Crippen molar-refractivity contribution in [3.8, 4) is 11.5 Å². The second-order valence-electron chi connectivity index (χ2n) is 3.59. The summed E-state index contributed by atoms with van der Waals surface area (Å²) in [5.74, 6) is 2.84. The Labute approximate surface area is 93.4 Å². The molecule has 0 aromatic heterocycles. The Hall–Kier alpha value is -0.870. The van der Waals surface area contributed by atoms with Crippen molar-refractivity contribution in [2.75, 3.05) is 19.2 Å². The topological polar surface area (TPSA) is 38.7 Å². The lowest BCUT2D eigenvalue weighted by Crippen LogP contribution is -2.03. The van der Waals surface area contributed by atoms with Crippen molar-refractivity contribution in [1.29, 1.82) is 0 Å². The molecule has 15 heavy (non-hydrogen) atoms. The van der Waals surface area contributed by atoms with Crippen molar-refractivity contribution in [3.05, 3.63) is 18.2 Å². The van der Waals surface area contributed by atoms with Crippen LogP contribution in [-0.4, -0.2) is 24.3 Å². The zero-order valence-electron chi connectivity index (χ0n) is 8.60. The number of ether oxygens (including phenoxy) is 2. The molecule has 0 bridgehead atoms. The van der Waals surface area contributed by atoms with Crippen molar-refractivity contribution in [2.24, 2.45) is 5.92 Å². The molecule has 1 aromatic rings. The molecule has 3 nitrogen and oxygen atoms in total. The van der Waals surface area contributed by atoms with Crippen LogP contribution in [0.1, 0.15) is 6.92 Å². The van der Waals surface area contributed by atoms with Crippen LogP contribution >= 0.6 is 11.8 Å². The molecule has 2 rings (SSSR count). The average Bonchev–Trinajstić information content (AvgIpc) is 2.74. The van der Waals surface area contributed by atoms with Gasteiger partial charge in [0.25, 0.3) is 0 Å². The predicted molar refractivity (Wildman–Crippen MR) is 59.5 cm³/mol. The number of aliphatic hydroxyl groups excluding tert-OH is 1. The van der Waals surface area contributed by atoms with Gasteiger partial charge in [-0.25, -0.2) is 0 Å². The summed E-state index contributed by atoms with van der Waals surface area (Å²) >= 11 is 1.69. The highest BCUT2D eigenvalue weighted by molar-refractivity contribution is 7.99. The summed E-state index contributed by atoms with van der Waals surface area (Å²) in [6.45, 7) is 2.55. The molecule has 1 aliphatic rings. The van der Waals surface area contributed by atoms with Crippen LogP contribution in [0, 0.1) is 5.92 Å². The molecule has 1 aliphatic heterocycles. The first-order valence-electron chi connectivity index (χ1n) is 4.93. The summed E-state index contributed by atoms with van der Waals surface area (Å²) in [4.78, 5) is 1.09. The van der Waals surface area contributed by atoms with Gasteiger partial charge in [0, 0.05) is 12.4 Å². The van der Waals surface area contributed by atoms with E-state index < -0.39 is 0 Å². The van der Waals surface area contributed by atoms with E-state index in [1.54, 1.807) is 11.8 Å². The second-order valence-corrected chi connectivity index (χ2v) is 4.65. The molecule has 1 atom stereocenters. The number of thioether (sulfide) groups is 1. The highest BCUT2D eigenvalue weighted by Crippen LogP contribution is 2.40. The van der Waals surface area contributed by atoms with E-state index in [2.05, 4.69) is 0 Å². The van der Waals surface area contributed by atoms with Crippen LogP contribution in [0.25, 0.3) is 0 Å². The van der Waals surface area contributed by atoms with Gasteiger partial charge in [-0.05, 0) is 18.1 Å². The van der Waals surface area contributed by atoms with Crippen molar-refractivity contribution in [1.82, 2.24) is 0 Å². The lowest BCUT2D eigenvalue weighted by atomic mass is 10.2. The van der Waals surface area contributed by atoms with E-state index in [4.69, 9.17) is 14.6 Å². The van der Waals surface area contributed by atoms with Crippen LogP contribution in [0.15, 0.2) is 23.1 Å². The SMILES string of the molecule is C[C@@H](CO)CSc1cccc2c1OCO2. The normalized spacial score (nSPS) is 15.3. The Balaban J connectivity index is 2.06. The molecule has 1 aromatic carbocycles. The van der Waals surface area contributed by atoms with E-state index in [1.807, 2.05) is 25.1 Å². The number of hydrogen-bond donors (Lipinski definition) is 1. The van der Waals surface area contributed by atoms with E-state index in [1.165, 1.54) is 0 Å². The zero-order valence-corrected chi connectivity index (χ0v) is 9.42. The average molecular weight is 226 g/mol. The Morgan fingerprint density at radius 3 is 3.13 bits per heavy atom. The van der Waals surface area contributed by atoms with Gasteiger partial charge in [0.05, 0.1) is 4.90 Å². The molecule has 0 spiro atoms. The Morgan fingerprint density at radius 2 is 2.33 bits per heavy atom. The van der Waals surface area contributed by atoms with Crippen LogP contribution < -0.4 is 9.47 Å². The first-order valence-corrected chi connectivity index (χ1v) is 5.92. The minimum absolute atomic E-state index is 0.222. The minimum Gasteiger partial charge on any atom is -0.454 e. The third-order valence-corrected chi connectivity index (χ3v) is 3.56. The molecule has 0 saturated heterocycles. The molecular formula is C11H14O3S. The van der Waals surface area contributed by atoms with Gasteiger partial charge >= 0.3 is 0 Å². The molecule has 1 N–H and O–H groups in total. The maximum atomic E-state index is 8.94. The third-order valence-electron chi connectivity index (χ3n) is 2.20. The summed E-state index contributed by atoms with van der Waals surface area (Å²) in [5, 5.41) is 8.94. The molecule has 1 heterocycles.